The Kier molecular flexibility index (Phi) is 5.20. The van der Waals surface area contributed by atoms with Gasteiger partial charge in [-0.15, -0.1) is 11.3 Å². The number of rotatable bonds is 5. The molecule has 1 aliphatic rings. The first-order chi connectivity index (χ1) is 12.4. The van der Waals surface area contributed by atoms with Crippen LogP contribution in [0.2, 0.25) is 0 Å². The number of quaternary nitrogens is 1. The van der Waals surface area contributed by atoms with Gasteiger partial charge < -0.3 is 14.9 Å². The highest BCUT2D eigenvalue weighted by Gasteiger charge is 2.46. The van der Waals surface area contributed by atoms with Gasteiger partial charge in [-0.2, -0.15) is 0 Å². The fourth-order valence-electron chi connectivity index (χ4n) is 2.96. The lowest BCUT2D eigenvalue weighted by atomic mass is 10.00. The van der Waals surface area contributed by atoms with E-state index in [0.717, 1.165) is 9.78 Å². The van der Waals surface area contributed by atoms with E-state index in [1.165, 1.54) is 40.5 Å². The molecule has 1 aromatic heterocycles. The predicted octanol–water partition coefficient (Wildman–Crippen LogP) is 1.45. The number of amides is 1. The number of carbonyl (C=O) groups excluding carboxylic acids is 2. The van der Waals surface area contributed by atoms with Crippen molar-refractivity contribution in [2.45, 2.75) is 6.04 Å². The third-order valence-corrected chi connectivity index (χ3v) is 5.25. The maximum absolute atomic E-state index is 13.2. The average Bonchev–Trinajstić information content (AvgIpc) is 3.21. The molecule has 2 heterocycles. The third kappa shape index (κ3) is 3.40. The Morgan fingerprint density at radius 1 is 1.23 bits per heavy atom. The first-order valence-corrected chi connectivity index (χ1v) is 9.15. The highest BCUT2D eigenvalue weighted by molar-refractivity contribution is 7.10. The number of ketones is 1. The van der Waals surface area contributed by atoms with Crippen molar-refractivity contribution in [1.82, 2.24) is 4.90 Å². The number of benzene rings is 1. The van der Waals surface area contributed by atoms with E-state index >= 15 is 0 Å². The maximum Gasteiger partial charge on any atom is 0.295 e. The van der Waals surface area contributed by atoms with Crippen molar-refractivity contribution >= 4 is 28.8 Å². The zero-order valence-electron chi connectivity index (χ0n) is 14.5. The summed E-state index contributed by atoms with van der Waals surface area (Å²) in [6, 6.07) is 8.27. The first-order valence-electron chi connectivity index (χ1n) is 8.27. The van der Waals surface area contributed by atoms with Crippen molar-refractivity contribution in [3.05, 3.63) is 63.6 Å². The topological polar surface area (TPSA) is 62.0 Å². The highest BCUT2D eigenvalue weighted by atomic mass is 32.1. The minimum Gasteiger partial charge on any atom is -0.507 e. The first kappa shape index (κ1) is 18.3. The van der Waals surface area contributed by atoms with Gasteiger partial charge in [0.25, 0.3) is 11.7 Å². The van der Waals surface area contributed by atoms with Gasteiger partial charge in [-0.05, 0) is 35.7 Å². The molecule has 1 aliphatic heterocycles. The SMILES string of the molecule is C[NH+](C)CCN1C(=O)C(=O)C(=C(O)c2ccc(F)cc2)[C@@H]1c1cccs1. The normalized spacial score (nSPS) is 19.5. The highest BCUT2D eigenvalue weighted by Crippen LogP contribution is 2.40. The molecule has 1 atom stereocenters. The molecule has 2 N–H and O–H groups in total. The van der Waals surface area contributed by atoms with Crippen LogP contribution in [-0.2, 0) is 9.59 Å². The number of Topliss-reactive ketones (excluding diaryl/α,β-unsaturated/α-hetero) is 1. The Bertz CT molecular complexity index is 844. The van der Waals surface area contributed by atoms with Crippen LogP contribution in [0.15, 0.2) is 47.4 Å². The largest absolute Gasteiger partial charge is 0.507 e. The van der Waals surface area contributed by atoms with Crippen LogP contribution in [0.4, 0.5) is 4.39 Å². The van der Waals surface area contributed by atoms with Gasteiger partial charge in [0.05, 0.1) is 38.8 Å². The lowest BCUT2D eigenvalue weighted by Gasteiger charge is -2.24. The molecule has 26 heavy (non-hydrogen) atoms. The predicted molar refractivity (Wildman–Crippen MR) is 97.4 cm³/mol. The number of thiophene rings is 1. The lowest BCUT2D eigenvalue weighted by Crippen LogP contribution is -3.06. The summed E-state index contributed by atoms with van der Waals surface area (Å²) in [6.45, 7) is 1.07. The number of likely N-dealkylation sites (tertiary alicyclic amines) is 1. The van der Waals surface area contributed by atoms with Gasteiger partial charge in [0.1, 0.15) is 11.6 Å². The quantitative estimate of drug-likeness (QED) is 0.472. The van der Waals surface area contributed by atoms with Crippen LogP contribution in [0, 0.1) is 5.82 Å². The number of nitrogens with zero attached hydrogens (tertiary/aromatic N) is 1. The molecule has 5 nitrogen and oxygen atoms in total. The number of aliphatic hydroxyl groups excluding tert-OH is 1. The van der Waals surface area contributed by atoms with E-state index in [0.29, 0.717) is 18.7 Å². The number of aliphatic hydroxyl groups is 1. The van der Waals surface area contributed by atoms with Crippen LogP contribution in [0.1, 0.15) is 16.5 Å². The molecule has 0 bridgehead atoms. The summed E-state index contributed by atoms with van der Waals surface area (Å²) in [6.07, 6.45) is 0. The van der Waals surface area contributed by atoms with E-state index in [-0.39, 0.29) is 11.3 Å². The monoisotopic (exact) mass is 375 g/mol. The summed E-state index contributed by atoms with van der Waals surface area (Å²) in [4.78, 5) is 28.7. The third-order valence-electron chi connectivity index (χ3n) is 4.32. The van der Waals surface area contributed by atoms with Gasteiger partial charge in [-0.25, -0.2) is 4.39 Å². The van der Waals surface area contributed by atoms with Crippen LogP contribution in [0.3, 0.4) is 0 Å². The molecule has 1 amide bonds. The van der Waals surface area contributed by atoms with E-state index in [2.05, 4.69) is 0 Å². The molecule has 0 radical (unpaired) electrons. The molecule has 1 aromatic carbocycles. The van der Waals surface area contributed by atoms with Crippen molar-refractivity contribution in [2.75, 3.05) is 27.2 Å². The van der Waals surface area contributed by atoms with Crippen LogP contribution < -0.4 is 4.90 Å². The van der Waals surface area contributed by atoms with E-state index in [4.69, 9.17) is 0 Å². The Labute approximate surface area is 155 Å². The van der Waals surface area contributed by atoms with Gasteiger partial charge in [0.2, 0.25) is 0 Å². The van der Waals surface area contributed by atoms with Crippen LogP contribution in [0.25, 0.3) is 5.76 Å². The Morgan fingerprint density at radius 3 is 2.50 bits per heavy atom. The minimum atomic E-state index is -0.709. The van der Waals surface area contributed by atoms with E-state index in [1.54, 1.807) is 0 Å². The number of halogens is 1. The fourth-order valence-corrected chi connectivity index (χ4v) is 3.81. The second kappa shape index (κ2) is 7.39. The number of hydrogen-bond acceptors (Lipinski definition) is 4. The van der Waals surface area contributed by atoms with E-state index in [1.807, 2.05) is 31.6 Å². The van der Waals surface area contributed by atoms with Crippen molar-refractivity contribution < 1.29 is 24.0 Å². The van der Waals surface area contributed by atoms with Gasteiger partial charge in [0, 0.05) is 10.4 Å². The van der Waals surface area contributed by atoms with Crippen molar-refractivity contribution in [3.63, 3.8) is 0 Å². The average molecular weight is 375 g/mol. The van der Waals surface area contributed by atoms with Gasteiger partial charge >= 0.3 is 0 Å². The van der Waals surface area contributed by atoms with E-state index < -0.39 is 23.5 Å². The van der Waals surface area contributed by atoms with E-state index in [9.17, 15) is 19.1 Å². The van der Waals surface area contributed by atoms with Gasteiger partial charge in [-0.3, -0.25) is 9.59 Å². The van der Waals surface area contributed by atoms with Crippen LogP contribution >= 0.6 is 11.3 Å². The van der Waals surface area contributed by atoms with Crippen molar-refractivity contribution in [2.24, 2.45) is 0 Å². The molecule has 0 saturated carbocycles. The Balaban J connectivity index is 2.09. The van der Waals surface area contributed by atoms with Crippen LogP contribution in [-0.4, -0.2) is 48.9 Å². The zero-order chi connectivity index (χ0) is 18.8. The molecule has 0 unspecified atom stereocenters. The molecule has 1 fully saturated rings. The molecule has 0 aliphatic carbocycles. The fraction of sp³-hybridized carbons (Fsp3) is 0.263. The minimum absolute atomic E-state index is 0.0535. The smallest absolute Gasteiger partial charge is 0.295 e. The summed E-state index contributed by atoms with van der Waals surface area (Å²) >= 11 is 1.42. The number of hydrogen-bond donors (Lipinski definition) is 2. The standard InChI is InChI=1S/C19H19FN2O3S/c1-21(2)9-10-22-16(14-4-3-11-26-14)15(18(24)19(22)25)17(23)12-5-7-13(20)8-6-12/h3-8,11,16,23H,9-10H2,1-2H3/p+1/t16-/m0/s1. The lowest BCUT2D eigenvalue weighted by molar-refractivity contribution is -0.857. The van der Waals surface area contributed by atoms with Gasteiger partial charge in [0.15, 0.2) is 0 Å². The van der Waals surface area contributed by atoms with Gasteiger partial charge in [-0.1, -0.05) is 6.07 Å². The Morgan fingerprint density at radius 2 is 1.92 bits per heavy atom. The van der Waals surface area contributed by atoms with Crippen LogP contribution in [0.5, 0.6) is 0 Å². The second-order valence-corrected chi connectivity index (χ2v) is 7.45. The maximum atomic E-state index is 13.2. The molecule has 136 valence electrons. The molecule has 7 heteroatoms. The molecular formula is C19H20FN2O3S+. The molecule has 2 aromatic rings. The van der Waals surface area contributed by atoms with Crippen molar-refractivity contribution in [1.29, 1.82) is 0 Å². The summed E-state index contributed by atoms with van der Waals surface area (Å²) in [5.41, 5.74) is 0.363. The summed E-state index contributed by atoms with van der Waals surface area (Å²) in [5.74, 6) is -2.04. The number of carbonyl (C=O) groups is 2. The molecule has 1 saturated heterocycles. The summed E-state index contributed by atoms with van der Waals surface area (Å²) in [5, 5.41) is 12.6. The molecule has 3 rings (SSSR count). The summed E-state index contributed by atoms with van der Waals surface area (Å²) < 4.78 is 13.2. The Hall–Kier alpha value is -2.51. The zero-order valence-corrected chi connectivity index (χ0v) is 15.3. The second-order valence-electron chi connectivity index (χ2n) is 6.47. The molecular weight excluding hydrogens is 355 g/mol. The molecule has 0 spiro atoms. The number of likely N-dealkylation sites (N-methyl/N-ethyl adjacent to an activating group) is 1. The van der Waals surface area contributed by atoms with Crippen molar-refractivity contribution in [3.8, 4) is 0 Å². The summed E-state index contributed by atoms with van der Waals surface area (Å²) in [7, 11) is 3.94. The number of nitrogens with one attached hydrogen (secondary N) is 1.